The van der Waals surface area contributed by atoms with E-state index in [0.717, 1.165) is 11.1 Å². The number of benzene rings is 2. The molecule has 114 valence electrons. The fraction of sp³-hybridized carbons (Fsp3) is 0.125. The molecule has 0 atom stereocenters. The first-order chi connectivity index (χ1) is 10.4. The van der Waals surface area contributed by atoms with Gasteiger partial charge >= 0.3 is 0 Å². The van der Waals surface area contributed by atoms with E-state index in [1.807, 2.05) is 26.0 Å². The highest BCUT2D eigenvalue weighted by atomic mass is 35.5. The minimum absolute atomic E-state index is 0.190. The Hall–Kier alpha value is -2.04. The minimum atomic E-state index is -0.536. The van der Waals surface area contributed by atoms with Gasteiger partial charge < -0.3 is 0 Å². The van der Waals surface area contributed by atoms with Crippen molar-refractivity contribution in [2.24, 2.45) is 0 Å². The molecule has 0 heterocycles. The molecule has 0 unspecified atom stereocenters. The standard InChI is InChI=1S/C16H14Cl2N2O2/c1-9-3-5-12(10(2)7-9)15(21)19-20-16(22)13-8-11(17)4-6-14(13)18/h3-8H,1-2H3,(H,19,21)(H,20,22). The van der Waals surface area contributed by atoms with Crippen LogP contribution in [0.4, 0.5) is 0 Å². The Bertz CT molecular complexity index is 745. The van der Waals surface area contributed by atoms with Gasteiger partial charge in [0.05, 0.1) is 10.6 Å². The van der Waals surface area contributed by atoms with Gasteiger partial charge in [-0.1, -0.05) is 40.9 Å². The number of amides is 2. The van der Waals surface area contributed by atoms with Gasteiger partial charge in [-0.2, -0.15) is 0 Å². The molecule has 4 nitrogen and oxygen atoms in total. The summed E-state index contributed by atoms with van der Waals surface area (Å²) in [5, 5.41) is 0.637. The first kappa shape index (κ1) is 16.3. The van der Waals surface area contributed by atoms with E-state index >= 15 is 0 Å². The van der Waals surface area contributed by atoms with Gasteiger partial charge in [-0.15, -0.1) is 0 Å². The molecule has 2 aromatic carbocycles. The molecule has 2 N–H and O–H groups in total. The second-order valence-electron chi connectivity index (χ2n) is 4.85. The Morgan fingerprint density at radius 2 is 1.50 bits per heavy atom. The average Bonchev–Trinajstić information content (AvgIpc) is 2.47. The van der Waals surface area contributed by atoms with E-state index in [2.05, 4.69) is 10.9 Å². The van der Waals surface area contributed by atoms with Crippen LogP contribution in [0.3, 0.4) is 0 Å². The van der Waals surface area contributed by atoms with Gasteiger partial charge in [0.1, 0.15) is 0 Å². The molecule has 6 heteroatoms. The zero-order valence-electron chi connectivity index (χ0n) is 12.0. The number of carbonyl (C=O) groups excluding carboxylic acids is 2. The molecule has 0 bridgehead atoms. The lowest BCUT2D eigenvalue weighted by atomic mass is 10.1. The Balaban J connectivity index is 2.07. The third-order valence-corrected chi connectivity index (χ3v) is 3.65. The van der Waals surface area contributed by atoms with Gasteiger partial charge in [0.25, 0.3) is 11.8 Å². The van der Waals surface area contributed by atoms with Crippen LogP contribution in [0.15, 0.2) is 36.4 Å². The number of carbonyl (C=O) groups is 2. The third-order valence-electron chi connectivity index (χ3n) is 3.09. The summed E-state index contributed by atoms with van der Waals surface area (Å²) in [6, 6.07) is 9.96. The number of halogens is 2. The highest BCUT2D eigenvalue weighted by molar-refractivity contribution is 6.35. The number of hydrazine groups is 1. The first-order valence-electron chi connectivity index (χ1n) is 6.51. The Kier molecular flexibility index (Phi) is 5.06. The topological polar surface area (TPSA) is 58.2 Å². The molecule has 0 spiro atoms. The third kappa shape index (κ3) is 3.78. The van der Waals surface area contributed by atoms with Crippen LogP contribution >= 0.6 is 23.2 Å². The predicted molar refractivity (Wildman–Crippen MR) is 87.3 cm³/mol. The van der Waals surface area contributed by atoms with Crippen LogP contribution in [0.5, 0.6) is 0 Å². The lowest BCUT2D eigenvalue weighted by Gasteiger charge is -2.10. The van der Waals surface area contributed by atoms with Crippen LogP contribution in [0.2, 0.25) is 10.0 Å². The summed E-state index contributed by atoms with van der Waals surface area (Å²) in [7, 11) is 0. The molecule has 0 aliphatic rings. The van der Waals surface area contributed by atoms with E-state index in [1.54, 1.807) is 12.1 Å². The summed E-state index contributed by atoms with van der Waals surface area (Å²) < 4.78 is 0. The largest absolute Gasteiger partial charge is 0.271 e. The van der Waals surface area contributed by atoms with Crippen LogP contribution in [-0.4, -0.2) is 11.8 Å². The quantitative estimate of drug-likeness (QED) is 0.821. The molecule has 0 aliphatic carbocycles. The van der Waals surface area contributed by atoms with Gasteiger partial charge in [-0.05, 0) is 43.7 Å². The zero-order chi connectivity index (χ0) is 16.3. The van der Waals surface area contributed by atoms with Crippen molar-refractivity contribution < 1.29 is 9.59 Å². The highest BCUT2D eigenvalue weighted by Gasteiger charge is 2.13. The van der Waals surface area contributed by atoms with Crippen molar-refractivity contribution in [2.75, 3.05) is 0 Å². The summed E-state index contributed by atoms with van der Waals surface area (Å²) >= 11 is 11.8. The Morgan fingerprint density at radius 3 is 2.14 bits per heavy atom. The van der Waals surface area contributed by atoms with Crippen LogP contribution in [-0.2, 0) is 0 Å². The smallest absolute Gasteiger partial charge is 0.267 e. The highest BCUT2D eigenvalue weighted by Crippen LogP contribution is 2.20. The summed E-state index contributed by atoms with van der Waals surface area (Å²) in [5.74, 6) is -0.936. The van der Waals surface area contributed by atoms with Crippen molar-refractivity contribution in [3.05, 3.63) is 68.7 Å². The second-order valence-corrected chi connectivity index (χ2v) is 5.69. The van der Waals surface area contributed by atoms with Crippen LogP contribution in [0.1, 0.15) is 31.8 Å². The fourth-order valence-corrected chi connectivity index (χ4v) is 2.36. The SMILES string of the molecule is Cc1ccc(C(=O)NNC(=O)c2cc(Cl)ccc2Cl)c(C)c1. The van der Waals surface area contributed by atoms with Gasteiger partial charge in [0.15, 0.2) is 0 Å². The number of nitrogens with one attached hydrogen (secondary N) is 2. The first-order valence-corrected chi connectivity index (χ1v) is 7.27. The summed E-state index contributed by atoms with van der Waals surface area (Å²) in [6.45, 7) is 3.77. The minimum Gasteiger partial charge on any atom is -0.267 e. The van der Waals surface area contributed by atoms with Crippen molar-refractivity contribution in [3.8, 4) is 0 Å². The van der Waals surface area contributed by atoms with Crippen LogP contribution in [0.25, 0.3) is 0 Å². The van der Waals surface area contributed by atoms with Crippen LogP contribution < -0.4 is 10.9 Å². The van der Waals surface area contributed by atoms with Gasteiger partial charge in [0.2, 0.25) is 0 Å². The lowest BCUT2D eigenvalue weighted by Crippen LogP contribution is -2.42. The van der Waals surface area contributed by atoms with Gasteiger partial charge in [-0.25, -0.2) is 0 Å². The molecule has 2 amide bonds. The molecular weight excluding hydrogens is 323 g/mol. The molecule has 0 aromatic heterocycles. The van der Waals surface area contributed by atoms with Crippen molar-refractivity contribution >= 4 is 35.0 Å². The fourth-order valence-electron chi connectivity index (χ4n) is 1.99. The normalized spacial score (nSPS) is 10.2. The van der Waals surface area contributed by atoms with E-state index in [9.17, 15) is 9.59 Å². The summed E-state index contributed by atoms with van der Waals surface area (Å²) in [6.07, 6.45) is 0. The van der Waals surface area contributed by atoms with Crippen molar-refractivity contribution in [1.29, 1.82) is 0 Å². The zero-order valence-corrected chi connectivity index (χ0v) is 13.5. The predicted octanol–water partition coefficient (Wildman–Crippen LogP) is 3.69. The molecule has 2 rings (SSSR count). The van der Waals surface area contributed by atoms with Gasteiger partial charge in [0, 0.05) is 10.6 Å². The molecule has 22 heavy (non-hydrogen) atoms. The van der Waals surface area contributed by atoms with E-state index in [0.29, 0.717) is 10.6 Å². The van der Waals surface area contributed by atoms with E-state index in [-0.39, 0.29) is 10.6 Å². The molecule has 2 aromatic rings. The maximum Gasteiger partial charge on any atom is 0.271 e. The molecule has 0 saturated heterocycles. The van der Waals surface area contributed by atoms with E-state index < -0.39 is 11.8 Å². The molecule has 0 radical (unpaired) electrons. The van der Waals surface area contributed by atoms with E-state index in [1.165, 1.54) is 12.1 Å². The number of hydrogen-bond donors (Lipinski definition) is 2. The maximum absolute atomic E-state index is 12.1. The van der Waals surface area contributed by atoms with Crippen molar-refractivity contribution in [2.45, 2.75) is 13.8 Å². The molecule has 0 fully saturated rings. The monoisotopic (exact) mass is 336 g/mol. The number of aryl methyl sites for hydroxylation is 2. The van der Waals surface area contributed by atoms with Crippen LogP contribution in [0, 0.1) is 13.8 Å². The number of hydrogen-bond acceptors (Lipinski definition) is 2. The van der Waals surface area contributed by atoms with Gasteiger partial charge in [-0.3, -0.25) is 20.4 Å². The second kappa shape index (κ2) is 6.81. The van der Waals surface area contributed by atoms with Crippen molar-refractivity contribution in [1.82, 2.24) is 10.9 Å². The maximum atomic E-state index is 12.1. The van der Waals surface area contributed by atoms with Crippen molar-refractivity contribution in [3.63, 3.8) is 0 Å². The summed E-state index contributed by atoms with van der Waals surface area (Å²) in [4.78, 5) is 24.1. The van der Waals surface area contributed by atoms with E-state index in [4.69, 9.17) is 23.2 Å². The lowest BCUT2D eigenvalue weighted by molar-refractivity contribution is 0.0846. The number of rotatable bonds is 2. The summed E-state index contributed by atoms with van der Waals surface area (Å²) in [5.41, 5.74) is 7.25. The Morgan fingerprint density at radius 1 is 0.864 bits per heavy atom. The molecule has 0 saturated carbocycles. The molecule has 0 aliphatic heterocycles. The molecular formula is C16H14Cl2N2O2. The Labute approximate surface area is 138 Å². The average molecular weight is 337 g/mol.